The first kappa shape index (κ1) is 11.5. The fraction of sp³-hybridized carbons (Fsp3) is 0.500. The third-order valence-corrected chi connectivity index (χ3v) is 2.82. The van der Waals surface area contributed by atoms with Crippen molar-refractivity contribution >= 4 is 11.6 Å². The molecule has 0 saturated carbocycles. The SMILES string of the molecule is CCCCC(CO)c1ccccc1Cl. The van der Waals surface area contributed by atoms with E-state index in [9.17, 15) is 5.11 Å². The molecular formula is C12H17ClO. The van der Waals surface area contributed by atoms with Gasteiger partial charge in [-0.1, -0.05) is 49.6 Å². The van der Waals surface area contributed by atoms with Crippen molar-refractivity contribution in [2.45, 2.75) is 32.1 Å². The Morgan fingerprint density at radius 1 is 1.36 bits per heavy atom. The fourth-order valence-electron chi connectivity index (χ4n) is 1.60. The summed E-state index contributed by atoms with van der Waals surface area (Å²) in [4.78, 5) is 0. The highest BCUT2D eigenvalue weighted by atomic mass is 35.5. The van der Waals surface area contributed by atoms with Crippen LogP contribution in [0, 0.1) is 0 Å². The Balaban J connectivity index is 2.73. The van der Waals surface area contributed by atoms with Crippen LogP contribution in [-0.4, -0.2) is 11.7 Å². The zero-order valence-electron chi connectivity index (χ0n) is 8.54. The van der Waals surface area contributed by atoms with E-state index in [0.717, 1.165) is 29.8 Å². The summed E-state index contributed by atoms with van der Waals surface area (Å²) in [5.41, 5.74) is 1.07. The summed E-state index contributed by atoms with van der Waals surface area (Å²) in [5, 5.41) is 10.0. The van der Waals surface area contributed by atoms with E-state index >= 15 is 0 Å². The maximum absolute atomic E-state index is 9.27. The molecule has 0 amide bonds. The van der Waals surface area contributed by atoms with Crippen molar-refractivity contribution in [2.75, 3.05) is 6.61 Å². The lowest BCUT2D eigenvalue weighted by atomic mass is 9.94. The van der Waals surface area contributed by atoms with Crippen molar-refractivity contribution in [3.63, 3.8) is 0 Å². The monoisotopic (exact) mass is 212 g/mol. The molecule has 0 radical (unpaired) electrons. The third-order valence-electron chi connectivity index (χ3n) is 2.47. The van der Waals surface area contributed by atoms with Gasteiger partial charge in [0.05, 0.1) is 0 Å². The van der Waals surface area contributed by atoms with Crippen molar-refractivity contribution in [2.24, 2.45) is 0 Å². The molecule has 2 heteroatoms. The molecule has 0 fully saturated rings. The summed E-state index contributed by atoms with van der Waals surface area (Å²) < 4.78 is 0. The molecular weight excluding hydrogens is 196 g/mol. The summed E-state index contributed by atoms with van der Waals surface area (Å²) in [6, 6.07) is 7.76. The lowest BCUT2D eigenvalue weighted by Crippen LogP contribution is -2.04. The van der Waals surface area contributed by atoms with Gasteiger partial charge < -0.3 is 5.11 Å². The molecule has 14 heavy (non-hydrogen) atoms. The second-order valence-corrected chi connectivity index (χ2v) is 3.95. The predicted molar refractivity (Wildman–Crippen MR) is 60.8 cm³/mol. The topological polar surface area (TPSA) is 20.2 Å². The second kappa shape index (κ2) is 6.05. The van der Waals surface area contributed by atoms with Crippen LogP contribution in [0.4, 0.5) is 0 Å². The molecule has 0 spiro atoms. The Bertz CT molecular complexity index is 273. The first-order valence-electron chi connectivity index (χ1n) is 5.14. The number of aliphatic hydroxyl groups excluding tert-OH is 1. The molecule has 0 saturated heterocycles. The Morgan fingerprint density at radius 3 is 2.64 bits per heavy atom. The summed E-state index contributed by atoms with van der Waals surface area (Å²) in [6.07, 6.45) is 3.30. The van der Waals surface area contributed by atoms with Crippen LogP contribution in [0.3, 0.4) is 0 Å². The van der Waals surface area contributed by atoms with Crippen LogP contribution in [0.15, 0.2) is 24.3 Å². The number of benzene rings is 1. The van der Waals surface area contributed by atoms with Gasteiger partial charge in [-0.25, -0.2) is 0 Å². The minimum atomic E-state index is 0.184. The maximum Gasteiger partial charge on any atom is 0.0500 e. The molecule has 0 aromatic heterocycles. The average molecular weight is 213 g/mol. The first-order chi connectivity index (χ1) is 6.79. The van der Waals surface area contributed by atoms with Crippen LogP contribution >= 0.6 is 11.6 Å². The standard InChI is InChI=1S/C12H17ClO/c1-2-3-6-10(9-14)11-7-4-5-8-12(11)13/h4-5,7-8,10,14H,2-3,6,9H2,1H3. The molecule has 1 unspecified atom stereocenters. The zero-order chi connectivity index (χ0) is 10.4. The number of hydrogen-bond donors (Lipinski definition) is 1. The zero-order valence-corrected chi connectivity index (χ0v) is 9.30. The van der Waals surface area contributed by atoms with Crippen LogP contribution in [-0.2, 0) is 0 Å². The van der Waals surface area contributed by atoms with Crippen molar-refractivity contribution in [3.05, 3.63) is 34.9 Å². The minimum absolute atomic E-state index is 0.184. The molecule has 0 aliphatic heterocycles. The average Bonchev–Trinajstić information content (AvgIpc) is 2.21. The third kappa shape index (κ3) is 3.00. The van der Waals surface area contributed by atoms with Gasteiger partial charge in [0.25, 0.3) is 0 Å². The van der Waals surface area contributed by atoms with Crippen LogP contribution in [0.5, 0.6) is 0 Å². The van der Waals surface area contributed by atoms with E-state index in [1.807, 2.05) is 24.3 Å². The number of hydrogen-bond acceptors (Lipinski definition) is 1. The molecule has 1 nitrogen and oxygen atoms in total. The summed E-state index contributed by atoms with van der Waals surface area (Å²) >= 11 is 6.07. The summed E-state index contributed by atoms with van der Waals surface area (Å²) in [5.74, 6) is 0.198. The summed E-state index contributed by atoms with van der Waals surface area (Å²) in [6.45, 7) is 2.34. The molecule has 1 atom stereocenters. The van der Waals surface area contributed by atoms with Crippen LogP contribution in [0.1, 0.15) is 37.7 Å². The van der Waals surface area contributed by atoms with Gasteiger partial charge in [-0.15, -0.1) is 0 Å². The van der Waals surface area contributed by atoms with E-state index in [1.165, 1.54) is 0 Å². The van der Waals surface area contributed by atoms with Crippen LogP contribution < -0.4 is 0 Å². The van der Waals surface area contributed by atoms with Gasteiger partial charge in [-0.2, -0.15) is 0 Å². The van der Waals surface area contributed by atoms with Gasteiger partial charge in [0.1, 0.15) is 0 Å². The van der Waals surface area contributed by atoms with E-state index in [1.54, 1.807) is 0 Å². The largest absolute Gasteiger partial charge is 0.396 e. The Hall–Kier alpha value is -0.530. The first-order valence-corrected chi connectivity index (χ1v) is 5.52. The number of halogens is 1. The van der Waals surface area contributed by atoms with Crippen LogP contribution in [0.25, 0.3) is 0 Å². The maximum atomic E-state index is 9.27. The highest BCUT2D eigenvalue weighted by Gasteiger charge is 2.12. The van der Waals surface area contributed by atoms with Gasteiger partial charge in [-0.3, -0.25) is 0 Å². The molecule has 1 aromatic carbocycles. The summed E-state index contributed by atoms with van der Waals surface area (Å²) in [7, 11) is 0. The molecule has 0 aliphatic carbocycles. The Kier molecular flexibility index (Phi) is 4.99. The minimum Gasteiger partial charge on any atom is -0.396 e. The van der Waals surface area contributed by atoms with Crippen molar-refractivity contribution in [3.8, 4) is 0 Å². The Labute approximate surface area is 90.7 Å². The van der Waals surface area contributed by atoms with Gasteiger partial charge in [0.15, 0.2) is 0 Å². The second-order valence-electron chi connectivity index (χ2n) is 3.54. The van der Waals surface area contributed by atoms with E-state index in [2.05, 4.69) is 6.92 Å². The normalized spacial score (nSPS) is 12.8. The number of rotatable bonds is 5. The predicted octanol–water partition coefficient (Wildman–Crippen LogP) is 3.61. The van der Waals surface area contributed by atoms with Gasteiger partial charge in [0, 0.05) is 17.5 Å². The van der Waals surface area contributed by atoms with E-state index in [4.69, 9.17) is 11.6 Å². The molecule has 0 heterocycles. The molecule has 0 bridgehead atoms. The smallest absolute Gasteiger partial charge is 0.0500 e. The molecule has 1 N–H and O–H groups in total. The fourth-order valence-corrected chi connectivity index (χ4v) is 1.89. The van der Waals surface area contributed by atoms with E-state index in [-0.39, 0.29) is 12.5 Å². The van der Waals surface area contributed by atoms with E-state index in [0.29, 0.717) is 0 Å². The van der Waals surface area contributed by atoms with Gasteiger partial charge in [-0.05, 0) is 18.1 Å². The number of aliphatic hydroxyl groups is 1. The lowest BCUT2D eigenvalue weighted by Gasteiger charge is -2.15. The molecule has 0 aliphatic rings. The van der Waals surface area contributed by atoms with Gasteiger partial charge >= 0.3 is 0 Å². The molecule has 1 rings (SSSR count). The number of unbranched alkanes of at least 4 members (excludes halogenated alkanes) is 1. The molecule has 78 valence electrons. The van der Waals surface area contributed by atoms with Gasteiger partial charge in [0.2, 0.25) is 0 Å². The van der Waals surface area contributed by atoms with Crippen molar-refractivity contribution in [1.29, 1.82) is 0 Å². The molecule has 1 aromatic rings. The quantitative estimate of drug-likeness (QED) is 0.791. The lowest BCUT2D eigenvalue weighted by molar-refractivity contribution is 0.257. The highest BCUT2D eigenvalue weighted by Crippen LogP contribution is 2.27. The highest BCUT2D eigenvalue weighted by molar-refractivity contribution is 6.31. The van der Waals surface area contributed by atoms with E-state index < -0.39 is 0 Å². The van der Waals surface area contributed by atoms with Crippen LogP contribution in [0.2, 0.25) is 5.02 Å². The Morgan fingerprint density at radius 2 is 2.07 bits per heavy atom. The van der Waals surface area contributed by atoms with Crippen molar-refractivity contribution in [1.82, 2.24) is 0 Å². The van der Waals surface area contributed by atoms with Crippen molar-refractivity contribution < 1.29 is 5.11 Å².